The molecule has 6 heteroatoms. The Morgan fingerprint density at radius 3 is 2.32 bits per heavy atom. The summed E-state index contributed by atoms with van der Waals surface area (Å²) >= 11 is 0. The monoisotopic (exact) mass is 307 g/mol. The molecule has 1 aromatic rings. The molecule has 122 valence electrons. The fourth-order valence-electron chi connectivity index (χ4n) is 2.58. The molecular weight excluding hydrogens is 282 g/mol. The first-order valence-electron chi connectivity index (χ1n) is 7.60. The van der Waals surface area contributed by atoms with Gasteiger partial charge in [0.2, 0.25) is 5.91 Å². The summed E-state index contributed by atoms with van der Waals surface area (Å²) in [4.78, 5) is 27.3. The van der Waals surface area contributed by atoms with Crippen LogP contribution in [0.3, 0.4) is 0 Å². The standard InChI is InChI=1S/C16H25N3O3/c1-12(20)17-7-8-18(11-14(21)10-17)15(22)13-5-6-19(9-13)16(2,3)4/h5-6,9,14,21H,7-8,10-11H2,1-4H3. The van der Waals surface area contributed by atoms with Gasteiger partial charge in [0.25, 0.3) is 5.91 Å². The van der Waals surface area contributed by atoms with Crippen molar-refractivity contribution in [2.75, 3.05) is 26.2 Å². The summed E-state index contributed by atoms with van der Waals surface area (Å²) in [5.74, 6) is -0.181. The van der Waals surface area contributed by atoms with Crippen LogP contribution in [-0.4, -0.2) is 63.6 Å². The molecule has 0 radical (unpaired) electrons. The molecule has 1 aliphatic heterocycles. The molecule has 0 aromatic carbocycles. The molecule has 0 saturated carbocycles. The Balaban J connectivity index is 2.12. The number of aliphatic hydroxyl groups excluding tert-OH is 1. The van der Waals surface area contributed by atoms with Gasteiger partial charge >= 0.3 is 0 Å². The highest BCUT2D eigenvalue weighted by Gasteiger charge is 2.27. The van der Waals surface area contributed by atoms with Crippen LogP contribution >= 0.6 is 0 Å². The lowest BCUT2D eigenvalue weighted by atomic mass is 10.1. The fraction of sp³-hybridized carbons (Fsp3) is 0.625. The van der Waals surface area contributed by atoms with Crippen molar-refractivity contribution in [1.82, 2.24) is 14.4 Å². The number of carbonyl (C=O) groups is 2. The molecule has 1 aliphatic rings. The maximum Gasteiger partial charge on any atom is 0.255 e. The molecule has 2 rings (SSSR count). The minimum Gasteiger partial charge on any atom is -0.389 e. The summed E-state index contributed by atoms with van der Waals surface area (Å²) in [6.07, 6.45) is 3.02. The maximum absolute atomic E-state index is 12.6. The molecule has 1 atom stereocenters. The van der Waals surface area contributed by atoms with Crippen LogP contribution in [0.2, 0.25) is 0 Å². The smallest absolute Gasteiger partial charge is 0.255 e. The van der Waals surface area contributed by atoms with Gasteiger partial charge in [-0.2, -0.15) is 0 Å². The van der Waals surface area contributed by atoms with Crippen LogP contribution < -0.4 is 0 Å². The zero-order valence-corrected chi connectivity index (χ0v) is 13.7. The first kappa shape index (κ1) is 16.5. The highest BCUT2D eigenvalue weighted by molar-refractivity contribution is 5.94. The third kappa shape index (κ3) is 3.68. The minimum absolute atomic E-state index is 0.0766. The summed E-state index contributed by atoms with van der Waals surface area (Å²) in [5.41, 5.74) is 0.529. The largest absolute Gasteiger partial charge is 0.389 e. The van der Waals surface area contributed by atoms with Gasteiger partial charge in [0.15, 0.2) is 0 Å². The first-order chi connectivity index (χ1) is 10.2. The SMILES string of the molecule is CC(=O)N1CCN(C(=O)c2ccn(C(C)(C)C)c2)CC(O)C1. The number of aliphatic hydroxyl groups is 1. The van der Waals surface area contributed by atoms with Crippen molar-refractivity contribution in [1.29, 1.82) is 0 Å². The predicted octanol–water partition coefficient (Wildman–Crippen LogP) is 0.908. The molecule has 1 saturated heterocycles. The van der Waals surface area contributed by atoms with Gasteiger partial charge in [0, 0.05) is 51.0 Å². The van der Waals surface area contributed by atoms with Crippen LogP contribution in [0, 0.1) is 0 Å². The maximum atomic E-state index is 12.6. The quantitative estimate of drug-likeness (QED) is 0.838. The number of hydrogen-bond donors (Lipinski definition) is 1. The van der Waals surface area contributed by atoms with Crippen LogP contribution in [0.25, 0.3) is 0 Å². The molecule has 6 nitrogen and oxygen atoms in total. The molecule has 1 N–H and O–H groups in total. The van der Waals surface area contributed by atoms with Crippen molar-refractivity contribution in [3.8, 4) is 0 Å². The topological polar surface area (TPSA) is 65.8 Å². The van der Waals surface area contributed by atoms with Gasteiger partial charge in [-0.05, 0) is 26.8 Å². The summed E-state index contributed by atoms with van der Waals surface area (Å²) in [7, 11) is 0. The van der Waals surface area contributed by atoms with Crippen LogP contribution in [0.4, 0.5) is 0 Å². The third-order valence-corrected chi connectivity index (χ3v) is 3.95. The zero-order valence-electron chi connectivity index (χ0n) is 13.7. The molecule has 0 aliphatic carbocycles. The average Bonchev–Trinajstić information content (AvgIpc) is 2.82. The van der Waals surface area contributed by atoms with E-state index in [-0.39, 0.29) is 30.4 Å². The molecule has 22 heavy (non-hydrogen) atoms. The fourth-order valence-corrected chi connectivity index (χ4v) is 2.58. The third-order valence-electron chi connectivity index (χ3n) is 3.95. The van der Waals surface area contributed by atoms with Crippen molar-refractivity contribution in [3.05, 3.63) is 24.0 Å². The lowest BCUT2D eigenvalue weighted by molar-refractivity contribution is -0.129. The Kier molecular flexibility index (Phi) is 4.60. The van der Waals surface area contributed by atoms with E-state index in [1.165, 1.54) is 6.92 Å². The number of hydrogen-bond acceptors (Lipinski definition) is 3. The van der Waals surface area contributed by atoms with Gasteiger partial charge in [-0.1, -0.05) is 0 Å². The van der Waals surface area contributed by atoms with Gasteiger partial charge in [-0.15, -0.1) is 0 Å². The lowest BCUT2D eigenvalue weighted by Gasteiger charge is -2.22. The number of β-amino-alcohol motifs (C(OH)–C–C–N with tert-alkyl or cyclic N) is 1. The minimum atomic E-state index is -0.708. The predicted molar refractivity (Wildman–Crippen MR) is 83.6 cm³/mol. The van der Waals surface area contributed by atoms with E-state index in [0.717, 1.165) is 0 Å². The number of rotatable bonds is 1. The second-order valence-corrected chi connectivity index (χ2v) is 6.85. The molecule has 2 heterocycles. The summed E-state index contributed by atoms with van der Waals surface area (Å²) in [6.45, 7) is 9.12. The van der Waals surface area contributed by atoms with Gasteiger partial charge in [0.1, 0.15) is 0 Å². The van der Waals surface area contributed by atoms with Gasteiger partial charge in [-0.25, -0.2) is 0 Å². The van der Waals surface area contributed by atoms with E-state index in [1.54, 1.807) is 15.9 Å². The number of amides is 2. The van der Waals surface area contributed by atoms with Crippen molar-refractivity contribution >= 4 is 11.8 Å². The zero-order chi connectivity index (χ0) is 16.5. The Morgan fingerprint density at radius 1 is 1.18 bits per heavy atom. The van der Waals surface area contributed by atoms with Gasteiger partial charge < -0.3 is 19.5 Å². The molecule has 1 aromatic heterocycles. The van der Waals surface area contributed by atoms with Crippen LogP contribution in [0.15, 0.2) is 18.5 Å². The highest BCUT2D eigenvalue weighted by Crippen LogP contribution is 2.17. The Labute approximate surface area is 131 Å². The number of nitrogens with zero attached hydrogens (tertiary/aromatic N) is 3. The van der Waals surface area contributed by atoms with E-state index in [9.17, 15) is 14.7 Å². The molecule has 0 spiro atoms. The van der Waals surface area contributed by atoms with Crippen molar-refractivity contribution < 1.29 is 14.7 Å². The number of carbonyl (C=O) groups excluding carboxylic acids is 2. The molecular formula is C16H25N3O3. The summed E-state index contributed by atoms with van der Waals surface area (Å²) in [5, 5.41) is 10.0. The van der Waals surface area contributed by atoms with Gasteiger partial charge in [-0.3, -0.25) is 9.59 Å². The average molecular weight is 307 g/mol. The van der Waals surface area contributed by atoms with E-state index >= 15 is 0 Å². The Bertz CT molecular complexity index is 559. The van der Waals surface area contributed by atoms with Crippen LogP contribution in [0.5, 0.6) is 0 Å². The lowest BCUT2D eigenvalue weighted by Crippen LogP contribution is -2.37. The van der Waals surface area contributed by atoms with Crippen molar-refractivity contribution in [2.24, 2.45) is 0 Å². The Hall–Kier alpha value is -1.82. The normalized spacial score (nSPS) is 20.0. The van der Waals surface area contributed by atoms with Crippen LogP contribution in [0.1, 0.15) is 38.1 Å². The van der Waals surface area contributed by atoms with Gasteiger partial charge in [0.05, 0.1) is 11.7 Å². The second kappa shape index (κ2) is 6.12. The van der Waals surface area contributed by atoms with E-state index in [1.807, 2.05) is 17.0 Å². The Morgan fingerprint density at radius 2 is 1.77 bits per heavy atom. The van der Waals surface area contributed by atoms with E-state index in [2.05, 4.69) is 20.8 Å². The highest BCUT2D eigenvalue weighted by atomic mass is 16.3. The molecule has 1 fully saturated rings. The first-order valence-corrected chi connectivity index (χ1v) is 7.60. The molecule has 0 bridgehead atoms. The van der Waals surface area contributed by atoms with Crippen LogP contribution in [-0.2, 0) is 10.3 Å². The molecule has 2 amide bonds. The molecule has 1 unspecified atom stereocenters. The second-order valence-electron chi connectivity index (χ2n) is 6.85. The van der Waals surface area contributed by atoms with E-state index < -0.39 is 6.10 Å². The van der Waals surface area contributed by atoms with Crippen molar-refractivity contribution in [3.63, 3.8) is 0 Å². The van der Waals surface area contributed by atoms with E-state index in [4.69, 9.17) is 0 Å². The number of aromatic nitrogens is 1. The van der Waals surface area contributed by atoms with Crippen molar-refractivity contribution in [2.45, 2.75) is 39.3 Å². The summed E-state index contributed by atoms with van der Waals surface area (Å²) in [6, 6.07) is 1.80. The van der Waals surface area contributed by atoms with E-state index in [0.29, 0.717) is 18.7 Å². The summed E-state index contributed by atoms with van der Waals surface area (Å²) < 4.78 is 2.00.